The molecule has 0 spiro atoms. The molecule has 118 valence electrons. The lowest BCUT2D eigenvalue weighted by molar-refractivity contribution is 0.630. The Morgan fingerprint density at radius 2 is 1.70 bits per heavy atom. The van der Waals surface area contributed by atoms with Gasteiger partial charge in [-0.3, -0.25) is 14.6 Å². The summed E-state index contributed by atoms with van der Waals surface area (Å²) in [5.74, 6) is 0. The highest BCUT2D eigenvalue weighted by Crippen LogP contribution is 2.24. The van der Waals surface area contributed by atoms with Crippen molar-refractivity contribution >= 4 is 11.4 Å². The highest BCUT2D eigenvalue weighted by molar-refractivity contribution is 5.48. The Labute approximate surface area is 133 Å². The Hall–Kier alpha value is -2.96. The first-order valence-electron chi connectivity index (χ1n) is 7.28. The molecule has 0 radical (unpaired) electrons. The van der Waals surface area contributed by atoms with Crippen LogP contribution in [0, 0.1) is 20.8 Å². The summed E-state index contributed by atoms with van der Waals surface area (Å²) in [7, 11) is 1.83. The SMILES string of the molecule is Cc1n[nH]c(C)c1N=Nc1c(C)n(C)n(-c2ccccc2)c1=O. The number of benzene rings is 1. The molecule has 0 atom stereocenters. The van der Waals surface area contributed by atoms with Crippen molar-refractivity contribution in [3.8, 4) is 5.69 Å². The van der Waals surface area contributed by atoms with E-state index in [-0.39, 0.29) is 5.56 Å². The molecule has 0 unspecified atom stereocenters. The molecular formula is C16H18N6O. The fourth-order valence-corrected chi connectivity index (χ4v) is 2.46. The van der Waals surface area contributed by atoms with E-state index in [1.807, 2.05) is 58.2 Å². The highest BCUT2D eigenvalue weighted by Gasteiger charge is 2.16. The Balaban J connectivity index is 2.10. The van der Waals surface area contributed by atoms with Gasteiger partial charge in [-0.15, -0.1) is 10.2 Å². The summed E-state index contributed by atoms with van der Waals surface area (Å²) in [4.78, 5) is 12.7. The molecule has 0 bridgehead atoms. The Bertz CT molecular complexity index is 910. The van der Waals surface area contributed by atoms with Gasteiger partial charge >= 0.3 is 0 Å². The maximum absolute atomic E-state index is 12.7. The number of rotatable bonds is 3. The summed E-state index contributed by atoms with van der Waals surface area (Å²) in [6.45, 7) is 5.57. The number of para-hydroxylation sites is 1. The number of hydrogen-bond donors (Lipinski definition) is 1. The standard InChI is InChI=1S/C16H18N6O/c1-10-14(11(2)18-17-10)19-20-15-12(3)21(4)22(16(15)23)13-8-6-5-7-9-13/h5-9H,1-4H3,(H,17,18). The number of aryl methyl sites for hydroxylation is 2. The average Bonchev–Trinajstić information content (AvgIpc) is 2.97. The van der Waals surface area contributed by atoms with E-state index in [1.54, 1.807) is 9.36 Å². The first kappa shape index (κ1) is 15.0. The van der Waals surface area contributed by atoms with E-state index >= 15 is 0 Å². The average molecular weight is 310 g/mol. The first-order valence-corrected chi connectivity index (χ1v) is 7.28. The van der Waals surface area contributed by atoms with Gasteiger partial charge in [0.2, 0.25) is 0 Å². The third-order valence-corrected chi connectivity index (χ3v) is 3.86. The van der Waals surface area contributed by atoms with Crippen molar-refractivity contribution in [2.75, 3.05) is 0 Å². The maximum Gasteiger partial charge on any atom is 0.299 e. The van der Waals surface area contributed by atoms with Crippen LogP contribution in [0.25, 0.3) is 5.69 Å². The fourth-order valence-electron chi connectivity index (χ4n) is 2.46. The molecule has 0 aliphatic heterocycles. The fraction of sp³-hybridized carbons (Fsp3) is 0.250. The van der Waals surface area contributed by atoms with E-state index in [9.17, 15) is 4.79 Å². The lowest BCUT2D eigenvalue weighted by Gasteiger charge is -2.07. The van der Waals surface area contributed by atoms with Gasteiger partial charge in [0.25, 0.3) is 5.56 Å². The van der Waals surface area contributed by atoms with Crippen LogP contribution in [0.2, 0.25) is 0 Å². The molecule has 1 aromatic carbocycles. The van der Waals surface area contributed by atoms with Crippen molar-refractivity contribution in [1.29, 1.82) is 0 Å². The molecule has 1 N–H and O–H groups in total. The molecule has 0 aliphatic rings. The number of aromatic amines is 1. The van der Waals surface area contributed by atoms with E-state index in [0.717, 1.165) is 22.8 Å². The van der Waals surface area contributed by atoms with Crippen molar-refractivity contribution in [2.24, 2.45) is 17.3 Å². The van der Waals surface area contributed by atoms with E-state index < -0.39 is 0 Å². The van der Waals surface area contributed by atoms with Gasteiger partial charge in [-0.2, -0.15) is 5.10 Å². The second-order valence-electron chi connectivity index (χ2n) is 5.39. The molecule has 3 aromatic rings. The van der Waals surface area contributed by atoms with Gasteiger partial charge in [-0.25, -0.2) is 4.68 Å². The van der Waals surface area contributed by atoms with Crippen LogP contribution in [0.3, 0.4) is 0 Å². The molecule has 7 heteroatoms. The lowest BCUT2D eigenvalue weighted by Crippen LogP contribution is -2.19. The van der Waals surface area contributed by atoms with Crippen LogP contribution >= 0.6 is 0 Å². The van der Waals surface area contributed by atoms with Gasteiger partial charge in [0.05, 0.1) is 22.8 Å². The van der Waals surface area contributed by atoms with Gasteiger partial charge in [-0.1, -0.05) is 18.2 Å². The third-order valence-electron chi connectivity index (χ3n) is 3.86. The Kier molecular flexibility index (Phi) is 3.69. The molecule has 0 fully saturated rings. The lowest BCUT2D eigenvalue weighted by atomic mass is 10.3. The van der Waals surface area contributed by atoms with Crippen molar-refractivity contribution in [3.05, 3.63) is 57.8 Å². The van der Waals surface area contributed by atoms with Gasteiger partial charge < -0.3 is 0 Å². The van der Waals surface area contributed by atoms with Crippen LogP contribution < -0.4 is 5.56 Å². The normalized spacial score (nSPS) is 11.5. The number of nitrogens with one attached hydrogen (secondary N) is 1. The van der Waals surface area contributed by atoms with Gasteiger partial charge in [0, 0.05) is 7.05 Å². The molecule has 0 saturated heterocycles. The Morgan fingerprint density at radius 3 is 2.30 bits per heavy atom. The Morgan fingerprint density at radius 1 is 1.04 bits per heavy atom. The van der Waals surface area contributed by atoms with Gasteiger partial charge in [-0.05, 0) is 32.9 Å². The summed E-state index contributed by atoms with van der Waals surface area (Å²) in [6.07, 6.45) is 0. The van der Waals surface area contributed by atoms with Crippen LogP contribution in [0.1, 0.15) is 17.1 Å². The predicted molar refractivity (Wildman–Crippen MR) is 88.0 cm³/mol. The van der Waals surface area contributed by atoms with E-state index in [2.05, 4.69) is 20.4 Å². The topological polar surface area (TPSA) is 80.3 Å². The van der Waals surface area contributed by atoms with Crippen LogP contribution in [0.15, 0.2) is 45.4 Å². The summed E-state index contributed by atoms with van der Waals surface area (Å²) in [6, 6.07) is 9.46. The number of nitrogens with zero attached hydrogens (tertiary/aromatic N) is 5. The smallest absolute Gasteiger partial charge is 0.283 e. The molecule has 7 nitrogen and oxygen atoms in total. The minimum absolute atomic E-state index is 0.196. The minimum atomic E-state index is -0.196. The monoisotopic (exact) mass is 310 g/mol. The van der Waals surface area contributed by atoms with Crippen molar-refractivity contribution in [3.63, 3.8) is 0 Å². The molecule has 3 rings (SSSR count). The zero-order chi connectivity index (χ0) is 16.6. The first-order chi connectivity index (χ1) is 11.0. The zero-order valence-corrected chi connectivity index (χ0v) is 13.5. The van der Waals surface area contributed by atoms with Gasteiger partial charge in [0.1, 0.15) is 5.69 Å². The van der Waals surface area contributed by atoms with Crippen molar-refractivity contribution in [1.82, 2.24) is 19.6 Å². The summed E-state index contributed by atoms with van der Waals surface area (Å²) >= 11 is 0. The molecule has 2 heterocycles. The number of hydrogen-bond acceptors (Lipinski definition) is 4. The van der Waals surface area contributed by atoms with Crippen LogP contribution in [-0.4, -0.2) is 19.6 Å². The number of H-pyrrole nitrogens is 1. The number of azo groups is 1. The van der Waals surface area contributed by atoms with Crippen molar-refractivity contribution < 1.29 is 0 Å². The highest BCUT2D eigenvalue weighted by atomic mass is 16.1. The van der Waals surface area contributed by atoms with Crippen LogP contribution in [-0.2, 0) is 7.05 Å². The molecular weight excluding hydrogens is 292 g/mol. The summed E-state index contributed by atoms with van der Waals surface area (Å²) in [5, 5.41) is 15.3. The van der Waals surface area contributed by atoms with Gasteiger partial charge in [0.15, 0.2) is 5.69 Å². The zero-order valence-electron chi connectivity index (χ0n) is 13.5. The predicted octanol–water partition coefficient (Wildman–Crippen LogP) is 3.24. The second kappa shape index (κ2) is 5.68. The molecule has 23 heavy (non-hydrogen) atoms. The largest absolute Gasteiger partial charge is 0.299 e. The third kappa shape index (κ3) is 2.50. The van der Waals surface area contributed by atoms with Crippen LogP contribution in [0.4, 0.5) is 11.4 Å². The number of aromatic nitrogens is 4. The quantitative estimate of drug-likeness (QED) is 0.754. The molecule has 2 aromatic heterocycles. The van der Waals surface area contributed by atoms with Crippen LogP contribution in [0.5, 0.6) is 0 Å². The van der Waals surface area contributed by atoms with E-state index in [1.165, 1.54) is 0 Å². The van der Waals surface area contributed by atoms with E-state index in [0.29, 0.717) is 11.4 Å². The molecule has 0 amide bonds. The maximum atomic E-state index is 12.7. The van der Waals surface area contributed by atoms with Crippen molar-refractivity contribution in [2.45, 2.75) is 20.8 Å². The molecule has 0 aliphatic carbocycles. The summed E-state index contributed by atoms with van der Waals surface area (Å²) < 4.78 is 3.36. The second-order valence-corrected chi connectivity index (χ2v) is 5.39. The minimum Gasteiger partial charge on any atom is -0.283 e. The molecule has 0 saturated carbocycles. The summed E-state index contributed by atoms with van der Waals surface area (Å²) in [5.41, 5.74) is 3.92. The van der Waals surface area contributed by atoms with E-state index in [4.69, 9.17) is 0 Å².